The SMILES string of the molecule is N[CH]CP=O. The van der Waals surface area contributed by atoms with Gasteiger partial charge in [-0.15, -0.1) is 0 Å². The fourth-order valence-corrected chi connectivity index (χ4v) is 0.129. The van der Waals surface area contributed by atoms with Gasteiger partial charge in [0.1, 0.15) is 0 Å². The van der Waals surface area contributed by atoms with Gasteiger partial charge in [-0.2, -0.15) is 0 Å². The molecule has 0 unspecified atom stereocenters. The maximum atomic E-state index is 9.39. The molecule has 29 valence electrons. The summed E-state index contributed by atoms with van der Waals surface area (Å²) in [6.07, 6.45) is 0.458. The smallest absolute Gasteiger partial charge is 0.156 e. The first kappa shape index (κ1) is 5.06. The molecule has 0 aromatic carbocycles. The van der Waals surface area contributed by atoms with Gasteiger partial charge in [0.15, 0.2) is 8.46 Å². The summed E-state index contributed by atoms with van der Waals surface area (Å²) in [5.41, 5.74) is 4.81. The van der Waals surface area contributed by atoms with E-state index in [0.29, 0.717) is 6.16 Å². The summed E-state index contributed by atoms with van der Waals surface area (Å²) >= 11 is 0. The van der Waals surface area contributed by atoms with Crippen LogP contribution in [0.25, 0.3) is 0 Å². The number of hydrogen-bond donors (Lipinski definition) is 1. The highest BCUT2D eigenvalue weighted by molar-refractivity contribution is 7.23. The second-order valence-electron chi connectivity index (χ2n) is 0.547. The normalized spacial score (nSPS) is 9.00. The van der Waals surface area contributed by atoms with Gasteiger partial charge in [-0.05, 0) is 0 Å². The van der Waals surface area contributed by atoms with Crippen LogP contribution in [0.5, 0.6) is 0 Å². The first-order valence-electron chi connectivity index (χ1n) is 1.24. The molecule has 0 amide bonds. The Labute approximate surface area is 32.6 Å². The molecule has 1 radical (unpaired) electrons. The molecule has 5 heavy (non-hydrogen) atoms. The highest BCUT2D eigenvalue weighted by atomic mass is 31.1. The Morgan fingerprint density at radius 1 is 2.00 bits per heavy atom. The average Bonchev–Trinajstić information content (AvgIpc) is 1.41. The lowest BCUT2D eigenvalue weighted by atomic mass is 10.8. The Morgan fingerprint density at radius 2 is 2.60 bits per heavy atom. The number of hydrogen-bond acceptors (Lipinski definition) is 2. The van der Waals surface area contributed by atoms with E-state index in [-0.39, 0.29) is 8.46 Å². The Balaban J connectivity index is 2.40. The molecular formula is C2H5NOP. The fourth-order valence-electron chi connectivity index (χ4n) is 0.0430. The maximum Gasteiger partial charge on any atom is 0.156 e. The summed E-state index contributed by atoms with van der Waals surface area (Å²) in [4.78, 5) is 0. The summed E-state index contributed by atoms with van der Waals surface area (Å²) in [5.74, 6) is 0. The van der Waals surface area contributed by atoms with E-state index < -0.39 is 0 Å². The summed E-state index contributed by atoms with van der Waals surface area (Å²) in [6.45, 7) is 1.36. The largest absolute Gasteiger partial charge is 0.326 e. The first-order chi connectivity index (χ1) is 2.41. The monoisotopic (exact) mass is 90.0 g/mol. The van der Waals surface area contributed by atoms with Gasteiger partial charge >= 0.3 is 0 Å². The van der Waals surface area contributed by atoms with E-state index in [4.69, 9.17) is 5.73 Å². The molecular weight excluding hydrogens is 85.0 g/mol. The van der Waals surface area contributed by atoms with Crippen LogP contribution >= 0.6 is 8.46 Å². The minimum Gasteiger partial charge on any atom is -0.326 e. The summed E-state index contributed by atoms with van der Waals surface area (Å²) in [5, 5.41) is 0. The third-order valence-electron chi connectivity index (χ3n) is 0.180. The molecule has 0 fully saturated rings. The van der Waals surface area contributed by atoms with Crippen molar-refractivity contribution in [1.82, 2.24) is 0 Å². The minimum atomic E-state index is 0.0992. The van der Waals surface area contributed by atoms with Crippen LogP contribution in [0.2, 0.25) is 0 Å². The average molecular weight is 90.0 g/mol. The molecule has 2 nitrogen and oxygen atoms in total. The Hall–Kier alpha value is 0.0600. The van der Waals surface area contributed by atoms with Gasteiger partial charge in [0.2, 0.25) is 0 Å². The maximum absolute atomic E-state index is 9.39. The lowest BCUT2D eigenvalue weighted by Gasteiger charge is -1.67. The Kier molecular flexibility index (Phi) is 4.11. The predicted octanol–water partition coefficient (Wildman–Crippen LogP) is 0.399. The van der Waals surface area contributed by atoms with Gasteiger partial charge < -0.3 is 5.73 Å². The van der Waals surface area contributed by atoms with Crippen molar-refractivity contribution in [3.8, 4) is 0 Å². The van der Waals surface area contributed by atoms with Crippen molar-refractivity contribution in [2.24, 2.45) is 5.73 Å². The van der Waals surface area contributed by atoms with Crippen molar-refractivity contribution in [2.45, 2.75) is 0 Å². The second kappa shape index (κ2) is 4.06. The van der Waals surface area contributed by atoms with Crippen LogP contribution < -0.4 is 5.73 Å². The summed E-state index contributed by atoms with van der Waals surface area (Å²) < 4.78 is 9.39. The van der Waals surface area contributed by atoms with Gasteiger partial charge in [-0.3, -0.25) is 4.57 Å². The van der Waals surface area contributed by atoms with Gasteiger partial charge in [-0.25, -0.2) is 0 Å². The van der Waals surface area contributed by atoms with Crippen molar-refractivity contribution < 1.29 is 4.57 Å². The Morgan fingerprint density at radius 3 is 2.60 bits per heavy atom. The zero-order valence-corrected chi connectivity index (χ0v) is 3.61. The zero-order chi connectivity index (χ0) is 4.12. The van der Waals surface area contributed by atoms with Crippen LogP contribution in [0.15, 0.2) is 0 Å². The van der Waals surface area contributed by atoms with Crippen LogP contribution in [0.3, 0.4) is 0 Å². The molecule has 0 heterocycles. The van der Waals surface area contributed by atoms with Crippen LogP contribution in [-0.4, -0.2) is 6.16 Å². The van der Waals surface area contributed by atoms with Crippen molar-refractivity contribution in [3.05, 3.63) is 6.54 Å². The molecule has 0 atom stereocenters. The van der Waals surface area contributed by atoms with Crippen LogP contribution in [-0.2, 0) is 4.57 Å². The summed E-state index contributed by atoms with van der Waals surface area (Å²) in [7, 11) is 0.0992. The summed E-state index contributed by atoms with van der Waals surface area (Å²) in [6, 6.07) is 0. The minimum absolute atomic E-state index is 0.0992. The molecule has 0 saturated heterocycles. The van der Waals surface area contributed by atoms with Gasteiger partial charge in [0.05, 0.1) is 0 Å². The molecule has 0 rings (SSSR count). The quantitative estimate of drug-likeness (QED) is 0.498. The van der Waals surface area contributed by atoms with Crippen LogP contribution in [0.4, 0.5) is 0 Å². The van der Waals surface area contributed by atoms with E-state index in [1.165, 1.54) is 6.54 Å². The molecule has 0 spiro atoms. The van der Waals surface area contributed by atoms with Gasteiger partial charge in [0, 0.05) is 12.7 Å². The highest BCUT2D eigenvalue weighted by Gasteiger charge is 1.69. The molecule has 0 aliphatic carbocycles. The lowest BCUT2D eigenvalue weighted by molar-refractivity contribution is 0.599. The topological polar surface area (TPSA) is 43.1 Å². The van der Waals surface area contributed by atoms with E-state index in [1.54, 1.807) is 0 Å². The van der Waals surface area contributed by atoms with E-state index >= 15 is 0 Å². The van der Waals surface area contributed by atoms with E-state index in [9.17, 15) is 4.57 Å². The van der Waals surface area contributed by atoms with Crippen LogP contribution in [0.1, 0.15) is 0 Å². The number of rotatable bonds is 2. The molecule has 0 aromatic heterocycles. The van der Waals surface area contributed by atoms with E-state index in [1.807, 2.05) is 0 Å². The fraction of sp³-hybridized carbons (Fsp3) is 0.500. The lowest BCUT2D eigenvalue weighted by Crippen LogP contribution is -1.88. The molecule has 0 aromatic rings. The molecule has 0 saturated carbocycles. The molecule has 0 bridgehead atoms. The Bertz CT molecular complexity index is 30.8. The molecule has 0 aliphatic rings. The third-order valence-corrected chi connectivity index (χ3v) is 0.540. The van der Waals surface area contributed by atoms with Crippen molar-refractivity contribution in [2.75, 3.05) is 6.16 Å². The van der Waals surface area contributed by atoms with E-state index in [0.717, 1.165) is 0 Å². The third kappa shape index (κ3) is 4.06. The predicted molar refractivity (Wildman–Crippen MR) is 21.0 cm³/mol. The van der Waals surface area contributed by atoms with Gasteiger partial charge in [0.25, 0.3) is 0 Å². The highest BCUT2D eigenvalue weighted by Crippen LogP contribution is 1.85. The molecule has 3 heteroatoms. The standard InChI is InChI=1S/C2H5NOP/c3-1-2-5-4/h1H,2-3H2. The second-order valence-corrected chi connectivity index (χ2v) is 1.17. The number of nitrogens with two attached hydrogens (primary N) is 1. The van der Waals surface area contributed by atoms with Crippen LogP contribution in [0, 0.1) is 6.54 Å². The van der Waals surface area contributed by atoms with Crippen molar-refractivity contribution >= 4 is 8.46 Å². The molecule has 2 N–H and O–H groups in total. The van der Waals surface area contributed by atoms with Crippen molar-refractivity contribution in [3.63, 3.8) is 0 Å². The molecule has 0 aliphatic heterocycles. The van der Waals surface area contributed by atoms with E-state index in [2.05, 4.69) is 0 Å². The zero-order valence-electron chi connectivity index (χ0n) is 2.72. The van der Waals surface area contributed by atoms with Gasteiger partial charge in [-0.1, -0.05) is 0 Å². The van der Waals surface area contributed by atoms with Crippen molar-refractivity contribution in [1.29, 1.82) is 0 Å². The first-order valence-corrected chi connectivity index (χ1v) is 2.24.